The van der Waals surface area contributed by atoms with Crippen LogP contribution in [0.2, 0.25) is 0 Å². The highest BCUT2D eigenvalue weighted by atomic mass is 19.1. The summed E-state index contributed by atoms with van der Waals surface area (Å²) in [6, 6.07) is 3.69. The third-order valence-corrected chi connectivity index (χ3v) is 1.82. The number of aldehydes is 1. The van der Waals surface area contributed by atoms with Gasteiger partial charge in [0.25, 0.3) is 0 Å². The van der Waals surface area contributed by atoms with Gasteiger partial charge in [0.05, 0.1) is 7.11 Å². The topological polar surface area (TPSA) is 43.4 Å². The normalized spacial score (nSPS) is 8.88. The van der Waals surface area contributed by atoms with Crippen molar-refractivity contribution in [2.75, 3.05) is 7.11 Å². The molecule has 16 heavy (non-hydrogen) atoms. The van der Waals surface area contributed by atoms with E-state index < -0.39 is 11.8 Å². The summed E-state index contributed by atoms with van der Waals surface area (Å²) < 4.78 is 17.2. The van der Waals surface area contributed by atoms with Crippen LogP contribution in [0.1, 0.15) is 22.3 Å². The van der Waals surface area contributed by atoms with Crippen molar-refractivity contribution in [3.05, 3.63) is 35.1 Å². The molecule has 0 saturated carbocycles. The van der Waals surface area contributed by atoms with Crippen LogP contribution in [0.15, 0.2) is 18.2 Å². The highest BCUT2D eigenvalue weighted by molar-refractivity contribution is 5.79. The third-order valence-electron chi connectivity index (χ3n) is 1.82. The van der Waals surface area contributed by atoms with E-state index in [1.54, 1.807) is 0 Å². The van der Waals surface area contributed by atoms with Crippen LogP contribution < -0.4 is 0 Å². The third kappa shape index (κ3) is 3.21. The predicted octanol–water partition coefficient (Wildman–Crippen LogP) is 1.55. The maximum atomic E-state index is 12.8. The van der Waals surface area contributed by atoms with Gasteiger partial charge in [-0.15, -0.1) is 0 Å². The molecule has 0 bridgehead atoms. The molecule has 0 N–H and O–H groups in total. The Bertz CT molecular complexity index is 469. The summed E-state index contributed by atoms with van der Waals surface area (Å²) in [5.41, 5.74) is 0.553. The molecule has 0 aliphatic heterocycles. The van der Waals surface area contributed by atoms with Crippen molar-refractivity contribution in [1.82, 2.24) is 0 Å². The summed E-state index contributed by atoms with van der Waals surface area (Å²) >= 11 is 0. The van der Waals surface area contributed by atoms with Crippen molar-refractivity contribution in [2.45, 2.75) is 6.42 Å². The Kier molecular flexibility index (Phi) is 4.22. The Morgan fingerprint density at radius 3 is 2.94 bits per heavy atom. The van der Waals surface area contributed by atoms with Gasteiger partial charge in [0.1, 0.15) is 12.2 Å². The lowest BCUT2D eigenvalue weighted by Crippen LogP contribution is -1.97. The number of esters is 1. The summed E-state index contributed by atoms with van der Waals surface area (Å²) in [6.45, 7) is 0. The highest BCUT2D eigenvalue weighted by Gasteiger charge is 2.00. The Balaban J connectivity index is 2.88. The number of rotatable bonds is 2. The van der Waals surface area contributed by atoms with Gasteiger partial charge >= 0.3 is 5.97 Å². The lowest BCUT2D eigenvalue weighted by molar-refractivity contribution is -0.139. The molecule has 0 aliphatic carbocycles. The largest absolute Gasteiger partial charge is 0.468 e. The molecule has 0 spiro atoms. The number of benzene rings is 1. The Morgan fingerprint density at radius 1 is 1.56 bits per heavy atom. The highest BCUT2D eigenvalue weighted by Crippen LogP contribution is 2.07. The van der Waals surface area contributed by atoms with E-state index in [0.29, 0.717) is 11.8 Å². The number of carbonyl (C=O) groups excluding carboxylic acids is 2. The Morgan fingerprint density at radius 2 is 2.31 bits per heavy atom. The van der Waals surface area contributed by atoms with Crippen molar-refractivity contribution in [3.63, 3.8) is 0 Å². The van der Waals surface area contributed by atoms with Crippen molar-refractivity contribution >= 4 is 12.3 Å². The Labute approximate surface area is 92.2 Å². The smallest absolute Gasteiger partial charge is 0.317 e. The fourth-order valence-corrected chi connectivity index (χ4v) is 1.03. The minimum absolute atomic E-state index is 0.0633. The molecule has 0 aliphatic rings. The van der Waals surface area contributed by atoms with E-state index in [4.69, 9.17) is 0 Å². The maximum absolute atomic E-state index is 12.8. The zero-order valence-corrected chi connectivity index (χ0v) is 8.62. The minimum Gasteiger partial charge on any atom is -0.468 e. The van der Waals surface area contributed by atoms with Crippen LogP contribution in [-0.4, -0.2) is 19.4 Å². The first-order chi connectivity index (χ1) is 7.67. The van der Waals surface area contributed by atoms with Crippen LogP contribution >= 0.6 is 0 Å². The number of carbonyl (C=O) groups is 2. The lowest BCUT2D eigenvalue weighted by atomic mass is 10.1. The summed E-state index contributed by atoms with van der Waals surface area (Å²) in [5, 5.41) is 0. The van der Waals surface area contributed by atoms with E-state index in [1.807, 2.05) is 0 Å². The second-order valence-corrected chi connectivity index (χ2v) is 2.90. The molecule has 1 rings (SSSR count). The van der Waals surface area contributed by atoms with Gasteiger partial charge in [0, 0.05) is 11.1 Å². The number of hydrogen-bond donors (Lipinski definition) is 0. The first-order valence-electron chi connectivity index (χ1n) is 4.47. The van der Waals surface area contributed by atoms with Gasteiger partial charge < -0.3 is 4.74 Å². The van der Waals surface area contributed by atoms with Crippen LogP contribution in [0.25, 0.3) is 0 Å². The van der Waals surface area contributed by atoms with Gasteiger partial charge in [0.15, 0.2) is 6.29 Å². The van der Waals surface area contributed by atoms with Gasteiger partial charge in [-0.05, 0) is 18.2 Å². The van der Waals surface area contributed by atoms with E-state index in [2.05, 4.69) is 16.6 Å². The van der Waals surface area contributed by atoms with E-state index in [1.165, 1.54) is 19.2 Å². The fourth-order valence-electron chi connectivity index (χ4n) is 1.03. The standard InChI is InChI=1S/C12H9FO3/c1-16-12(15)4-2-3-9-5-6-11(13)7-10(9)8-14/h5-8H,4H2,1H3. The van der Waals surface area contributed by atoms with E-state index >= 15 is 0 Å². The van der Waals surface area contributed by atoms with Crippen molar-refractivity contribution in [3.8, 4) is 11.8 Å². The molecule has 1 aromatic rings. The van der Waals surface area contributed by atoms with Crippen molar-refractivity contribution < 1.29 is 18.7 Å². The van der Waals surface area contributed by atoms with E-state index in [0.717, 1.165) is 6.07 Å². The fraction of sp³-hybridized carbons (Fsp3) is 0.167. The number of halogens is 1. The molecule has 82 valence electrons. The van der Waals surface area contributed by atoms with Crippen LogP contribution in [0.4, 0.5) is 4.39 Å². The lowest BCUT2D eigenvalue weighted by Gasteiger charge is -1.96. The minimum atomic E-state index is -0.499. The van der Waals surface area contributed by atoms with Gasteiger partial charge in [-0.1, -0.05) is 11.8 Å². The summed E-state index contributed by atoms with van der Waals surface area (Å²) in [6.07, 6.45) is 0.456. The van der Waals surface area contributed by atoms with Crippen LogP contribution in [0.3, 0.4) is 0 Å². The molecular formula is C12H9FO3. The first kappa shape index (κ1) is 11.9. The van der Waals surface area contributed by atoms with Crippen LogP contribution in [-0.2, 0) is 9.53 Å². The molecular weight excluding hydrogens is 211 g/mol. The van der Waals surface area contributed by atoms with Gasteiger partial charge in [-0.25, -0.2) is 4.39 Å². The van der Waals surface area contributed by atoms with Gasteiger partial charge in [0.2, 0.25) is 0 Å². The van der Waals surface area contributed by atoms with Crippen molar-refractivity contribution in [2.24, 2.45) is 0 Å². The van der Waals surface area contributed by atoms with Gasteiger partial charge in [-0.2, -0.15) is 0 Å². The quantitative estimate of drug-likeness (QED) is 0.431. The molecule has 0 fully saturated rings. The molecule has 0 heterocycles. The molecule has 1 aromatic carbocycles. The molecule has 0 unspecified atom stereocenters. The SMILES string of the molecule is COC(=O)CC#Cc1ccc(F)cc1C=O. The van der Waals surface area contributed by atoms with Gasteiger partial charge in [-0.3, -0.25) is 9.59 Å². The molecule has 0 saturated heterocycles. The van der Waals surface area contributed by atoms with Crippen molar-refractivity contribution in [1.29, 1.82) is 0 Å². The average Bonchev–Trinajstić information content (AvgIpc) is 2.30. The average molecular weight is 220 g/mol. The van der Waals surface area contributed by atoms with Crippen LogP contribution in [0, 0.1) is 17.7 Å². The molecule has 0 aromatic heterocycles. The number of methoxy groups -OCH3 is 1. The van der Waals surface area contributed by atoms with E-state index in [-0.39, 0.29) is 12.0 Å². The second-order valence-electron chi connectivity index (χ2n) is 2.90. The molecule has 0 radical (unpaired) electrons. The zero-order chi connectivity index (χ0) is 12.0. The summed E-state index contributed by atoms with van der Waals surface area (Å²) in [4.78, 5) is 21.4. The first-order valence-corrected chi connectivity index (χ1v) is 4.47. The van der Waals surface area contributed by atoms with Crippen LogP contribution in [0.5, 0.6) is 0 Å². The summed E-state index contributed by atoms with van der Waals surface area (Å²) in [7, 11) is 1.26. The summed E-state index contributed by atoms with van der Waals surface area (Å²) in [5.74, 6) is 4.19. The monoisotopic (exact) mass is 220 g/mol. The zero-order valence-electron chi connectivity index (χ0n) is 8.62. The maximum Gasteiger partial charge on any atom is 0.317 e. The molecule has 3 nitrogen and oxygen atoms in total. The second kappa shape index (κ2) is 5.66. The number of hydrogen-bond acceptors (Lipinski definition) is 3. The molecule has 4 heteroatoms. The molecule has 0 amide bonds. The van der Waals surface area contributed by atoms with E-state index in [9.17, 15) is 14.0 Å². The predicted molar refractivity (Wildman–Crippen MR) is 55.3 cm³/mol. The number of ether oxygens (including phenoxy) is 1. The Hall–Kier alpha value is -2.15. The molecule has 0 atom stereocenters.